The normalized spacial score (nSPS) is 11.2. The molecule has 6 heteroatoms. The van der Waals surface area contributed by atoms with E-state index in [1.54, 1.807) is 6.92 Å². The standard InChI is InChI=1S/C5H12NO4P/c1-2-5(7)6-3-4-11(8,9)10/h2-4H2,1H3,(H,6,7)(H2,8,9,10). The molecule has 0 aliphatic rings. The zero-order chi connectivity index (χ0) is 8.91. The molecule has 0 aromatic heterocycles. The highest BCUT2D eigenvalue weighted by Gasteiger charge is 2.11. The van der Waals surface area contributed by atoms with E-state index < -0.39 is 7.60 Å². The van der Waals surface area contributed by atoms with Crippen LogP contribution in [0.3, 0.4) is 0 Å². The second-order valence-electron chi connectivity index (χ2n) is 2.09. The summed E-state index contributed by atoms with van der Waals surface area (Å²) in [6.07, 6.45) is 0.0416. The molecule has 0 aromatic rings. The zero-order valence-corrected chi connectivity index (χ0v) is 7.17. The third kappa shape index (κ3) is 7.52. The van der Waals surface area contributed by atoms with Gasteiger partial charge in [0.05, 0.1) is 6.16 Å². The van der Waals surface area contributed by atoms with Crippen LogP contribution in [-0.4, -0.2) is 28.4 Å². The zero-order valence-electron chi connectivity index (χ0n) is 6.28. The Morgan fingerprint density at radius 3 is 2.45 bits per heavy atom. The topological polar surface area (TPSA) is 86.6 Å². The molecule has 3 N–H and O–H groups in total. The van der Waals surface area contributed by atoms with Crippen molar-refractivity contribution in [2.45, 2.75) is 13.3 Å². The molecular formula is C5H12NO4P. The molecule has 0 aliphatic carbocycles. The molecule has 11 heavy (non-hydrogen) atoms. The summed E-state index contributed by atoms with van der Waals surface area (Å²) in [6.45, 7) is 1.71. The van der Waals surface area contributed by atoms with E-state index in [2.05, 4.69) is 5.32 Å². The molecule has 66 valence electrons. The van der Waals surface area contributed by atoms with Crippen molar-refractivity contribution in [3.05, 3.63) is 0 Å². The minimum Gasteiger partial charge on any atom is -0.355 e. The molecule has 0 radical (unpaired) electrons. The highest BCUT2D eigenvalue weighted by molar-refractivity contribution is 7.51. The fourth-order valence-corrected chi connectivity index (χ4v) is 0.869. The van der Waals surface area contributed by atoms with Gasteiger partial charge in [0, 0.05) is 13.0 Å². The second-order valence-corrected chi connectivity index (χ2v) is 3.87. The van der Waals surface area contributed by atoms with Crippen molar-refractivity contribution >= 4 is 13.5 Å². The summed E-state index contributed by atoms with van der Waals surface area (Å²) >= 11 is 0. The van der Waals surface area contributed by atoms with Gasteiger partial charge in [-0.1, -0.05) is 6.92 Å². The summed E-state index contributed by atoms with van der Waals surface area (Å²) in [6, 6.07) is 0. The van der Waals surface area contributed by atoms with Crippen LogP contribution in [0, 0.1) is 0 Å². The molecule has 0 aromatic carbocycles. The number of carbonyl (C=O) groups excluding carboxylic acids is 1. The lowest BCUT2D eigenvalue weighted by atomic mass is 10.4. The van der Waals surface area contributed by atoms with E-state index in [1.807, 2.05) is 0 Å². The third-order valence-corrected chi connectivity index (χ3v) is 1.85. The van der Waals surface area contributed by atoms with Crippen LogP contribution in [0.15, 0.2) is 0 Å². The molecule has 0 aliphatic heterocycles. The van der Waals surface area contributed by atoms with Crippen LogP contribution in [0.1, 0.15) is 13.3 Å². The van der Waals surface area contributed by atoms with Gasteiger partial charge in [-0.2, -0.15) is 0 Å². The molecule has 0 spiro atoms. The summed E-state index contributed by atoms with van der Waals surface area (Å²) in [5, 5.41) is 2.36. The maximum absolute atomic E-state index is 10.5. The molecule has 0 saturated heterocycles. The molecule has 0 saturated carbocycles. The number of hydrogen-bond donors (Lipinski definition) is 3. The molecule has 0 rings (SSSR count). The molecule has 0 bridgehead atoms. The van der Waals surface area contributed by atoms with Crippen molar-refractivity contribution in [3.63, 3.8) is 0 Å². The number of hydrogen-bond acceptors (Lipinski definition) is 2. The van der Waals surface area contributed by atoms with E-state index >= 15 is 0 Å². The molecule has 0 atom stereocenters. The van der Waals surface area contributed by atoms with Crippen molar-refractivity contribution < 1.29 is 19.1 Å². The molecular weight excluding hydrogens is 169 g/mol. The highest BCUT2D eigenvalue weighted by Crippen LogP contribution is 2.32. The number of amides is 1. The van der Waals surface area contributed by atoms with E-state index in [0.29, 0.717) is 6.42 Å². The lowest BCUT2D eigenvalue weighted by Gasteiger charge is -2.04. The van der Waals surface area contributed by atoms with Gasteiger partial charge in [0.15, 0.2) is 0 Å². The third-order valence-electron chi connectivity index (χ3n) is 1.05. The van der Waals surface area contributed by atoms with Gasteiger partial charge < -0.3 is 15.1 Å². The van der Waals surface area contributed by atoms with Crippen LogP contribution < -0.4 is 5.32 Å². The Labute approximate surface area is 65.0 Å². The maximum Gasteiger partial charge on any atom is 0.327 e. The Kier molecular flexibility index (Phi) is 4.33. The van der Waals surface area contributed by atoms with Crippen molar-refractivity contribution in [3.8, 4) is 0 Å². The molecule has 1 amide bonds. The van der Waals surface area contributed by atoms with Crippen LogP contribution >= 0.6 is 7.60 Å². The van der Waals surface area contributed by atoms with Gasteiger partial charge in [0.2, 0.25) is 5.91 Å². The highest BCUT2D eigenvalue weighted by atomic mass is 31.2. The Bertz CT molecular complexity index is 175. The maximum atomic E-state index is 10.5. The lowest BCUT2D eigenvalue weighted by molar-refractivity contribution is -0.120. The minimum atomic E-state index is -3.95. The fraction of sp³-hybridized carbons (Fsp3) is 0.800. The average Bonchev–Trinajstić information content (AvgIpc) is 1.85. The lowest BCUT2D eigenvalue weighted by Crippen LogP contribution is -2.25. The monoisotopic (exact) mass is 181 g/mol. The van der Waals surface area contributed by atoms with Crippen molar-refractivity contribution in [1.82, 2.24) is 5.32 Å². The van der Waals surface area contributed by atoms with E-state index in [4.69, 9.17) is 9.79 Å². The van der Waals surface area contributed by atoms with Gasteiger partial charge in [0.25, 0.3) is 0 Å². The van der Waals surface area contributed by atoms with Gasteiger partial charge in [-0.15, -0.1) is 0 Å². The fourth-order valence-electron chi connectivity index (χ4n) is 0.466. The van der Waals surface area contributed by atoms with E-state index in [9.17, 15) is 9.36 Å². The Morgan fingerprint density at radius 2 is 2.09 bits per heavy atom. The first kappa shape index (κ1) is 10.6. The first-order chi connectivity index (χ1) is 4.95. The summed E-state index contributed by atoms with van der Waals surface area (Å²) in [4.78, 5) is 27.3. The number of carbonyl (C=O) groups is 1. The number of rotatable bonds is 4. The van der Waals surface area contributed by atoms with Gasteiger partial charge in [-0.05, 0) is 0 Å². The van der Waals surface area contributed by atoms with Gasteiger partial charge in [0.1, 0.15) is 0 Å². The van der Waals surface area contributed by atoms with Crippen LogP contribution in [0.4, 0.5) is 0 Å². The molecule has 5 nitrogen and oxygen atoms in total. The minimum absolute atomic E-state index is 0.0386. The predicted octanol–water partition coefficient (Wildman–Crippen LogP) is -0.310. The van der Waals surface area contributed by atoms with E-state index in [0.717, 1.165) is 0 Å². The predicted molar refractivity (Wildman–Crippen MR) is 40.2 cm³/mol. The van der Waals surface area contributed by atoms with Crippen LogP contribution in [0.25, 0.3) is 0 Å². The summed E-state index contributed by atoms with van der Waals surface area (Å²) in [5.74, 6) is -0.196. The summed E-state index contributed by atoms with van der Waals surface area (Å²) in [7, 11) is -3.95. The summed E-state index contributed by atoms with van der Waals surface area (Å²) < 4.78 is 10.2. The number of nitrogens with one attached hydrogen (secondary N) is 1. The van der Waals surface area contributed by atoms with Gasteiger partial charge in [-0.25, -0.2) is 0 Å². The molecule has 0 unspecified atom stereocenters. The first-order valence-corrected chi connectivity index (χ1v) is 5.06. The largest absolute Gasteiger partial charge is 0.355 e. The quantitative estimate of drug-likeness (QED) is 0.519. The van der Waals surface area contributed by atoms with Crippen LogP contribution in [0.5, 0.6) is 0 Å². The van der Waals surface area contributed by atoms with E-state index in [-0.39, 0.29) is 18.6 Å². The average molecular weight is 181 g/mol. The first-order valence-electron chi connectivity index (χ1n) is 3.27. The Balaban J connectivity index is 3.43. The molecule has 0 heterocycles. The van der Waals surface area contributed by atoms with Crippen LogP contribution in [-0.2, 0) is 9.36 Å². The van der Waals surface area contributed by atoms with Gasteiger partial charge >= 0.3 is 7.60 Å². The van der Waals surface area contributed by atoms with Crippen molar-refractivity contribution in [2.75, 3.05) is 12.7 Å². The Morgan fingerprint density at radius 1 is 1.55 bits per heavy atom. The van der Waals surface area contributed by atoms with Crippen molar-refractivity contribution in [2.24, 2.45) is 0 Å². The Hall–Kier alpha value is -0.380. The van der Waals surface area contributed by atoms with Gasteiger partial charge in [-0.3, -0.25) is 9.36 Å². The van der Waals surface area contributed by atoms with E-state index in [1.165, 1.54) is 0 Å². The molecule has 0 fully saturated rings. The van der Waals surface area contributed by atoms with Crippen molar-refractivity contribution in [1.29, 1.82) is 0 Å². The second kappa shape index (κ2) is 4.49. The SMILES string of the molecule is CCC(=O)NCCP(=O)(O)O. The van der Waals surface area contributed by atoms with Crippen LogP contribution in [0.2, 0.25) is 0 Å². The smallest absolute Gasteiger partial charge is 0.327 e. The summed E-state index contributed by atoms with van der Waals surface area (Å²) in [5.41, 5.74) is 0.